The Kier molecular flexibility index (Phi) is 2.93. The first kappa shape index (κ1) is 10.5. The number of amides is 1. The third-order valence-electron chi connectivity index (χ3n) is 2.18. The number of carbonyl (C=O) groups is 1. The Morgan fingerprint density at radius 1 is 1.62 bits per heavy atom. The summed E-state index contributed by atoms with van der Waals surface area (Å²) in [5.74, 6) is 0.222. The van der Waals surface area contributed by atoms with E-state index in [0.717, 1.165) is 13.1 Å². The van der Waals surface area contributed by atoms with E-state index in [-0.39, 0.29) is 11.8 Å². The van der Waals surface area contributed by atoms with Crippen molar-refractivity contribution in [3.63, 3.8) is 0 Å². The number of β-amino-alcohol motifs (C(OH)–C–C–N with tert-alkyl or cyclic N) is 1. The van der Waals surface area contributed by atoms with Gasteiger partial charge in [-0.3, -0.25) is 9.69 Å². The fourth-order valence-corrected chi connectivity index (χ4v) is 1.62. The van der Waals surface area contributed by atoms with Crippen molar-refractivity contribution in [2.75, 3.05) is 26.7 Å². The molecule has 1 aliphatic rings. The van der Waals surface area contributed by atoms with Crippen molar-refractivity contribution < 1.29 is 9.90 Å². The third-order valence-corrected chi connectivity index (χ3v) is 2.18. The number of hydrogen-bond donors (Lipinski definition) is 2. The quantitative estimate of drug-likeness (QED) is 0.621. The highest BCUT2D eigenvalue weighted by Gasteiger charge is 2.34. The molecule has 0 aromatic rings. The van der Waals surface area contributed by atoms with Gasteiger partial charge in [0.2, 0.25) is 5.91 Å². The molecule has 0 spiro atoms. The zero-order chi connectivity index (χ0) is 10.1. The molecule has 1 aliphatic heterocycles. The van der Waals surface area contributed by atoms with Gasteiger partial charge in [-0.05, 0) is 13.8 Å². The molecule has 1 saturated heterocycles. The summed E-state index contributed by atoms with van der Waals surface area (Å²) in [5, 5.41) is 12.1. The molecule has 4 heteroatoms. The van der Waals surface area contributed by atoms with Crippen molar-refractivity contribution in [3.8, 4) is 0 Å². The third kappa shape index (κ3) is 2.97. The molecule has 0 aliphatic carbocycles. The zero-order valence-electron chi connectivity index (χ0n) is 8.50. The first-order chi connectivity index (χ1) is 5.92. The van der Waals surface area contributed by atoms with Crippen molar-refractivity contribution in [1.82, 2.24) is 10.2 Å². The Morgan fingerprint density at radius 3 is 2.54 bits per heavy atom. The molecule has 13 heavy (non-hydrogen) atoms. The van der Waals surface area contributed by atoms with Crippen molar-refractivity contribution in [2.45, 2.75) is 19.4 Å². The molecule has 1 amide bonds. The molecule has 0 atom stereocenters. The minimum atomic E-state index is -0.659. The van der Waals surface area contributed by atoms with Crippen LogP contribution in [0.5, 0.6) is 0 Å². The zero-order valence-corrected chi connectivity index (χ0v) is 8.50. The van der Waals surface area contributed by atoms with Gasteiger partial charge in [0, 0.05) is 26.7 Å². The second-order valence-electron chi connectivity index (χ2n) is 4.32. The highest BCUT2D eigenvalue weighted by atomic mass is 16.3. The minimum Gasteiger partial charge on any atom is -0.389 e. The molecular weight excluding hydrogens is 168 g/mol. The molecule has 0 saturated carbocycles. The number of hydrogen-bond acceptors (Lipinski definition) is 3. The molecule has 0 bridgehead atoms. The summed E-state index contributed by atoms with van der Waals surface area (Å²) in [6, 6.07) is 0. The van der Waals surface area contributed by atoms with E-state index in [1.807, 2.05) is 0 Å². The Hall–Kier alpha value is -0.610. The number of likely N-dealkylation sites (tertiary alicyclic amines) is 1. The lowest BCUT2D eigenvalue weighted by Gasteiger charge is -2.40. The van der Waals surface area contributed by atoms with E-state index in [1.165, 1.54) is 0 Å². The maximum Gasteiger partial charge on any atom is 0.225 e. The lowest BCUT2D eigenvalue weighted by molar-refractivity contribution is -0.131. The maximum absolute atomic E-state index is 11.1. The van der Waals surface area contributed by atoms with Gasteiger partial charge in [0.15, 0.2) is 0 Å². The number of nitrogens with zero attached hydrogens (tertiary/aromatic N) is 1. The van der Waals surface area contributed by atoms with Gasteiger partial charge in [-0.25, -0.2) is 0 Å². The first-order valence-electron chi connectivity index (χ1n) is 4.59. The normalized spacial score (nSPS) is 19.7. The number of carbonyl (C=O) groups excluding carboxylic acids is 1. The van der Waals surface area contributed by atoms with E-state index in [4.69, 9.17) is 0 Å². The second kappa shape index (κ2) is 3.64. The van der Waals surface area contributed by atoms with Gasteiger partial charge in [0.25, 0.3) is 0 Å². The first-order valence-corrected chi connectivity index (χ1v) is 4.59. The van der Waals surface area contributed by atoms with Crippen LogP contribution in [0.15, 0.2) is 0 Å². The molecule has 76 valence electrons. The van der Waals surface area contributed by atoms with E-state index in [9.17, 15) is 9.90 Å². The largest absolute Gasteiger partial charge is 0.389 e. The minimum absolute atomic E-state index is 0.104. The van der Waals surface area contributed by atoms with Crippen molar-refractivity contribution in [1.29, 1.82) is 0 Å². The van der Waals surface area contributed by atoms with Crippen molar-refractivity contribution in [2.24, 2.45) is 5.92 Å². The maximum atomic E-state index is 11.1. The predicted octanol–water partition coefficient (Wildman–Crippen LogP) is -0.565. The topological polar surface area (TPSA) is 52.6 Å². The van der Waals surface area contributed by atoms with Crippen LogP contribution in [0.3, 0.4) is 0 Å². The highest BCUT2D eigenvalue weighted by Crippen LogP contribution is 2.18. The van der Waals surface area contributed by atoms with Gasteiger partial charge in [0.1, 0.15) is 0 Å². The van der Waals surface area contributed by atoms with E-state index in [2.05, 4.69) is 10.2 Å². The van der Waals surface area contributed by atoms with Crippen molar-refractivity contribution >= 4 is 5.91 Å². The molecule has 0 unspecified atom stereocenters. The lowest BCUT2D eigenvalue weighted by Crippen LogP contribution is -2.56. The molecule has 0 radical (unpaired) electrons. The van der Waals surface area contributed by atoms with Crippen LogP contribution >= 0.6 is 0 Å². The smallest absolute Gasteiger partial charge is 0.225 e. The average Bonchev–Trinajstić information content (AvgIpc) is 1.92. The van der Waals surface area contributed by atoms with Crippen LogP contribution < -0.4 is 5.32 Å². The Bertz CT molecular complexity index is 192. The molecule has 1 heterocycles. The summed E-state index contributed by atoms with van der Waals surface area (Å²) in [6.45, 7) is 5.73. The van der Waals surface area contributed by atoms with Gasteiger partial charge in [-0.2, -0.15) is 0 Å². The van der Waals surface area contributed by atoms with Gasteiger partial charge in [-0.1, -0.05) is 0 Å². The molecule has 0 aromatic carbocycles. The van der Waals surface area contributed by atoms with Gasteiger partial charge < -0.3 is 10.4 Å². The van der Waals surface area contributed by atoms with Crippen LogP contribution in [0.4, 0.5) is 0 Å². The van der Waals surface area contributed by atoms with E-state index in [0.29, 0.717) is 6.54 Å². The number of nitrogens with one attached hydrogen (secondary N) is 1. The molecule has 1 rings (SSSR count). The number of aliphatic hydroxyl groups is 1. The summed E-state index contributed by atoms with van der Waals surface area (Å²) in [6.07, 6.45) is 0. The number of rotatable bonds is 3. The Labute approximate surface area is 78.9 Å². The van der Waals surface area contributed by atoms with Crippen LogP contribution in [0.2, 0.25) is 0 Å². The van der Waals surface area contributed by atoms with Crippen LogP contribution in [0.25, 0.3) is 0 Å². The van der Waals surface area contributed by atoms with E-state index >= 15 is 0 Å². The summed E-state index contributed by atoms with van der Waals surface area (Å²) >= 11 is 0. The predicted molar refractivity (Wildman–Crippen MR) is 50.3 cm³/mol. The molecule has 1 fully saturated rings. The average molecular weight is 186 g/mol. The highest BCUT2D eigenvalue weighted by molar-refractivity contribution is 5.79. The second-order valence-corrected chi connectivity index (χ2v) is 4.32. The van der Waals surface area contributed by atoms with Gasteiger partial charge in [-0.15, -0.1) is 0 Å². The molecule has 4 nitrogen and oxygen atoms in total. The van der Waals surface area contributed by atoms with Crippen molar-refractivity contribution in [3.05, 3.63) is 0 Å². The summed E-state index contributed by atoms with van der Waals surface area (Å²) in [7, 11) is 1.65. The fraction of sp³-hybridized carbons (Fsp3) is 0.889. The standard InChI is InChI=1S/C9H18N2O2/c1-9(2,13)6-11-4-7(5-11)8(12)10-3/h7,13H,4-6H2,1-3H3,(H,10,12). The SMILES string of the molecule is CNC(=O)C1CN(CC(C)(C)O)C1. The van der Waals surface area contributed by atoms with Gasteiger partial charge >= 0.3 is 0 Å². The van der Waals surface area contributed by atoms with Gasteiger partial charge in [0.05, 0.1) is 11.5 Å². The molecular formula is C9H18N2O2. The van der Waals surface area contributed by atoms with Crippen LogP contribution in [-0.2, 0) is 4.79 Å². The molecule has 2 N–H and O–H groups in total. The monoisotopic (exact) mass is 186 g/mol. The van der Waals surface area contributed by atoms with Crippen LogP contribution in [0, 0.1) is 5.92 Å². The lowest BCUT2D eigenvalue weighted by atomic mass is 9.97. The van der Waals surface area contributed by atoms with E-state index < -0.39 is 5.60 Å². The Balaban J connectivity index is 2.22. The van der Waals surface area contributed by atoms with Crippen LogP contribution in [0.1, 0.15) is 13.8 Å². The van der Waals surface area contributed by atoms with E-state index in [1.54, 1.807) is 20.9 Å². The molecule has 0 aromatic heterocycles. The fourth-order valence-electron chi connectivity index (χ4n) is 1.62. The summed E-state index contributed by atoms with van der Waals surface area (Å²) < 4.78 is 0. The van der Waals surface area contributed by atoms with Crippen LogP contribution in [-0.4, -0.2) is 48.2 Å². The Morgan fingerprint density at radius 2 is 2.15 bits per heavy atom. The summed E-state index contributed by atoms with van der Waals surface area (Å²) in [5.41, 5.74) is -0.659. The summed E-state index contributed by atoms with van der Waals surface area (Å²) in [4.78, 5) is 13.2.